The van der Waals surface area contributed by atoms with Crippen LogP contribution in [0.25, 0.3) is 0 Å². The topological polar surface area (TPSA) is 175 Å². The Kier molecular flexibility index (Phi) is 7.20. The van der Waals surface area contributed by atoms with Gasteiger partial charge in [-0.15, -0.1) is 0 Å². The van der Waals surface area contributed by atoms with E-state index in [1.165, 1.54) is 31.3 Å². The molecule has 0 saturated carbocycles. The second-order valence-electron chi connectivity index (χ2n) is 7.55. The molecule has 12 nitrogen and oxygen atoms in total. The monoisotopic (exact) mass is 486 g/mol. The van der Waals surface area contributed by atoms with Gasteiger partial charge in [-0.3, -0.25) is 13.9 Å². The van der Waals surface area contributed by atoms with Gasteiger partial charge in [-0.05, 0) is 32.0 Å². The molecule has 3 rings (SSSR count). The first-order valence-electron chi connectivity index (χ1n) is 9.80. The molecule has 2 unspecified atom stereocenters. The van der Waals surface area contributed by atoms with E-state index in [1.807, 2.05) is 0 Å². The Balaban J connectivity index is 1.80. The van der Waals surface area contributed by atoms with Crippen LogP contribution in [0.3, 0.4) is 0 Å². The van der Waals surface area contributed by atoms with Crippen LogP contribution in [0.4, 0.5) is 10.2 Å². The van der Waals surface area contributed by atoms with Crippen LogP contribution >= 0.6 is 7.75 Å². The maximum atomic E-state index is 15.3. The molecule has 0 spiro atoms. The first-order chi connectivity index (χ1) is 15.4. The Labute approximate surface area is 187 Å². The number of para-hydroxylation sites is 1. The fraction of sp³-hybridized carbons (Fsp3) is 0.421. The van der Waals surface area contributed by atoms with E-state index in [0.29, 0.717) is 0 Å². The van der Waals surface area contributed by atoms with Crippen molar-refractivity contribution in [2.45, 2.75) is 44.0 Å². The highest BCUT2D eigenvalue weighted by molar-refractivity contribution is 7.52. The lowest BCUT2D eigenvalue weighted by molar-refractivity contribution is -0.138. The minimum absolute atomic E-state index is 0.0761. The number of alkyl halides is 1. The van der Waals surface area contributed by atoms with Gasteiger partial charge in [0.1, 0.15) is 29.8 Å². The minimum atomic E-state index is -4.32. The van der Waals surface area contributed by atoms with E-state index in [2.05, 4.69) is 10.1 Å². The Morgan fingerprint density at radius 2 is 2.09 bits per heavy atom. The van der Waals surface area contributed by atoms with Gasteiger partial charge < -0.3 is 25.2 Å². The molecule has 1 aliphatic heterocycles. The number of ether oxygens (including phenoxy) is 1. The number of aliphatic hydroxyl groups excluding tert-OH is 1. The quantitative estimate of drug-likeness (QED) is 0.373. The number of carboxylic acids is 1. The van der Waals surface area contributed by atoms with E-state index in [-0.39, 0.29) is 11.6 Å². The molecular weight excluding hydrogens is 462 g/mol. The van der Waals surface area contributed by atoms with Crippen LogP contribution in [0.5, 0.6) is 5.75 Å². The number of nitrogens with one attached hydrogen (secondary N) is 1. The van der Waals surface area contributed by atoms with Gasteiger partial charge >= 0.3 is 19.4 Å². The SMILES string of the molecule is CC(NP(=O)(OC[C@H]1O[C@@H](n2ccc(N)nc2=O)[C@](C)(F)[C@@H]1O)Oc1ccccc1)C(=O)O. The molecule has 0 aliphatic carbocycles. The Hall–Kier alpha value is -2.83. The predicted octanol–water partition coefficient (Wildman–Crippen LogP) is 1.08. The lowest BCUT2D eigenvalue weighted by Crippen LogP contribution is -2.43. The number of carboxylic acid groups (broad SMARTS) is 1. The zero-order valence-electron chi connectivity index (χ0n) is 17.7. The summed E-state index contributed by atoms with van der Waals surface area (Å²) >= 11 is 0. The number of nitrogens with two attached hydrogens (primary N) is 1. The van der Waals surface area contributed by atoms with Gasteiger partial charge in [-0.25, -0.2) is 13.8 Å². The fourth-order valence-electron chi connectivity index (χ4n) is 3.13. The van der Waals surface area contributed by atoms with Crippen molar-refractivity contribution in [1.29, 1.82) is 0 Å². The van der Waals surface area contributed by atoms with Gasteiger partial charge in [-0.1, -0.05) is 18.2 Å². The maximum Gasteiger partial charge on any atom is 0.459 e. The van der Waals surface area contributed by atoms with Gasteiger partial charge in [0.25, 0.3) is 0 Å². The summed E-state index contributed by atoms with van der Waals surface area (Å²) in [6.45, 7) is 1.59. The summed E-state index contributed by atoms with van der Waals surface area (Å²) in [5, 5.41) is 21.9. The Bertz CT molecular complexity index is 1100. The molecule has 0 radical (unpaired) electrons. The highest BCUT2D eigenvalue weighted by Gasteiger charge is 2.56. The number of aliphatic hydroxyl groups is 1. The van der Waals surface area contributed by atoms with Gasteiger partial charge in [0.05, 0.1) is 6.61 Å². The van der Waals surface area contributed by atoms with Crippen molar-refractivity contribution >= 4 is 19.5 Å². The van der Waals surface area contributed by atoms with Crippen LogP contribution in [-0.4, -0.2) is 56.3 Å². The van der Waals surface area contributed by atoms with Crippen molar-refractivity contribution in [3.05, 3.63) is 53.1 Å². The van der Waals surface area contributed by atoms with Crippen LogP contribution < -0.4 is 21.0 Å². The van der Waals surface area contributed by atoms with Crippen LogP contribution in [0.1, 0.15) is 20.1 Å². The molecule has 5 N–H and O–H groups in total. The highest BCUT2D eigenvalue weighted by atomic mass is 31.2. The third-order valence-corrected chi connectivity index (χ3v) is 6.56. The van der Waals surface area contributed by atoms with Gasteiger partial charge in [0.15, 0.2) is 11.9 Å². The van der Waals surface area contributed by atoms with Crippen molar-refractivity contribution in [3.63, 3.8) is 0 Å². The number of nitrogen functional groups attached to an aromatic ring is 1. The number of nitrogens with zero attached hydrogens (tertiary/aromatic N) is 2. The molecule has 0 amide bonds. The van der Waals surface area contributed by atoms with Crippen molar-refractivity contribution in [2.75, 3.05) is 12.3 Å². The lowest BCUT2D eigenvalue weighted by Gasteiger charge is -2.25. The highest BCUT2D eigenvalue weighted by Crippen LogP contribution is 2.47. The summed E-state index contributed by atoms with van der Waals surface area (Å²) in [5.74, 6) is -1.28. The molecule has 1 aromatic carbocycles. The number of anilines is 1. The molecule has 2 aromatic rings. The summed E-state index contributed by atoms with van der Waals surface area (Å²) in [6.07, 6.45) is -3.59. The lowest BCUT2D eigenvalue weighted by atomic mass is 9.98. The van der Waals surface area contributed by atoms with Crippen molar-refractivity contribution in [1.82, 2.24) is 14.6 Å². The van der Waals surface area contributed by atoms with Crippen molar-refractivity contribution < 1.29 is 37.7 Å². The largest absolute Gasteiger partial charge is 0.480 e. The van der Waals surface area contributed by atoms with Crippen LogP contribution in [0, 0.1) is 0 Å². The van der Waals surface area contributed by atoms with E-state index in [9.17, 15) is 19.3 Å². The van der Waals surface area contributed by atoms with E-state index in [1.54, 1.807) is 18.2 Å². The standard InChI is InChI=1S/C19H24FN4O8P/c1-11(16(26)27)23-33(29,32-12-6-4-3-5-7-12)30-10-13-15(25)19(2,20)17(31-13)24-9-8-14(21)22-18(24)28/h3-9,11,13,15,17,25H,10H2,1-2H3,(H,23,29)(H,26,27)(H2,21,22,28)/t11?,13-,15-,17-,19-,33?/m1/s1. The van der Waals surface area contributed by atoms with E-state index >= 15 is 4.39 Å². The van der Waals surface area contributed by atoms with E-state index in [4.69, 9.17) is 24.6 Å². The summed E-state index contributed by atoms with van der Waals surface area (Å²) in [4.78, 5) is 26.9. The molecule has 180 valence electrons. The number of rotatable bonds is 9. The smallest absolute Gasteiger partial charge is 0.459 e. The molecule has 1 saturated heterocycles. The number of carbonyl (C=O) groups is 1. The van der Waals surface area contributed by atoms with Crippen LogP contribution in [-0.2, 0) is 18.6 Å². The summed E-state index contributed by atoms with van der Waals surface area (Å²) in [7, 11) is -4.32. The number of halogens is 1. The maximum absolute atomic E-state index is 15.3. The number of hydrogen-bond donors (Lipinski definition) is 4. The normalized spacial score (nSPS) is 27.6. The summed E-state index contributed by atoms with van der Waals surface area (Å²) in [6, 6.07) is 7.76. The van der Waals surface area contributed by atoms with E-state index < -0.39 is 56.2 Å². The average molecular weight is 486 g/mol. The first-order valence-corrected chi connectivity index (χ1v) is 11.3. The number of benzene rings is 1. The first kappa shape index (κ1) is 24.8. The zero-order chi connectivity index (χ0) is 24.4. The second kappa shape index (κ2) is 9.57. The minimum Gasteiger partial charge on any atom is -0.480 e. The molecule has 1 aromatic heterocycles. The van der Waals surface area contributed by atoms with Crippen molar-refractivity contribution in [2.24, 2.45) is 0 Å². The molecule has 6 atom stereocenters. The zero-order valence-corrected chi connectivity index (χ0v) is 18.6. The molecule has 14 heteroatoms. The molecule has 1 fully saturated rings. The Morgan fingerprint density at radius 3 is 2.70 bits per heavy atom. The number of aliphatic carboxylic acids is 1. The van der Waals surface area contributed by atoms with Gasteiger partial charge in [-0.2, -0.15) is 10.1 Å². The fourth-order valence-corrected chi connectivity index (χ4v) is 4.64. The molecule has 2 heterocycles. The predicted molar refractivity (Wildman–Crippen MR) is 113 cm³/mol. The van der Waals surface area contributed by atoms with E-state index in [0.717, 1.165) is 11.5 Å². The summed E-state index contributed by atoms with van der Waals surface area (Å²) < 4.78 is 45.6. The molecule has 0 bridgehead atoms. The number of hydrogen-bond acceptors (Lipinski definition) is 9. The average Bonchev–Trinajstić information content (AvgIpc) is 2.96. The van der Waals surface area contributed by atoms with Gasteiger partial charge in [0, 0.05) is 6.20 Å². The Morgan fingerprint density at radius 1 is 1.42 bits per heavy atom. The summed E-state index contributed by atoms with van der Waals surface area (Å²) in [5.41, 5.74) is 2.09. The van der Waals surface area contributed by atoms with Crippen LogP contribution in [0.2, 0.25) is 0 Å². The number of aromatic nitrogens is 2. The molecule has 33 heavy (non-hydrogen) atoms. The molecular formula is C19H24FN4O8P. The third-order valence-electron chi connectivity index (χ3n) is 4.92. The second-order valence-corrected chi connectivity index (χ2v) is 9.25. The van der Waals surface area contributed by atoms with Crippen molar-refractivity contribution in [3.8, 4) is 5.75 Å². The van der Waals surface area contributed by atoms with Crippen LogP contribution in [0.15, 0.2) is 47.4 Å². The van der Waals surface area contributed by atoms with Gasteiger partial charge in [0.2, 0.25) is 0 Å². The third kappa shape index (κ3) is 5.57. The molecule has 1 aliphatic rings.